The zero-order valence-corrected chi connectivity index (χ0v) is 24.7. The number of hydrogen-bond donors (Lipinski definition) is 1. The molecular formula is C31H32ClN5O4S. The number of hydrogen-bond acceptors (Lipinski definition) is 9. The van der Waals surface area contributed by atoms with Gasteiger partial charge in [0.25, 0.3) is 0 Å². The SMILES string of the molecule is O=C(/C=C/CCOC1CCCCO1)N1CCc2c(sc3ncnc(Nc4ccc(OCc5ccccn5)c(Cl)c4)c23)C1. The monoisotopic (exact) mass is 605 g/mol. The minimum Gasteiger partial charge on any atom is -0.486 e. The number of ether oxygens (including phenoxy) is 3. The predicted molar refractivity (Wildman–Crippen MR) is 163 cm³/mol. The van der Waals surface area contributed by atoms with Gasteiger partial charge in [0.1, 0.15) is 29.3 Å². The lowest BCUT2D eigenvalue weighted by atomic mass is 10.0. The van der Waals surface area contributed by atoms with Crippen molar-refractivity contribution in [2.24, 2.45) is 0 Å². The van der Waals surface area contributed by atoms with E-state index < -0.39 is 0 Å². The molecule has 1 unspecified atom stereocenters. The number of nitrogens with zero attached hydrogens (tertiary/aromatic N) is 4. The van der Waals surface area contributed by atoms with Crippen molar-refractivity contribution < 1.29 is 19.0 Å². The van der Waals surface area contributed by atoms with Crippen molar-refractivity contribution >= 4 is 50.6 Å². The van der Waals surface area contributed by atoms with E-state index in [9.17, 15) is 4.79 Å². The smallest absolute Gasteiger partial charge is 0.246 e. The van der Waals surface area contributed by atoms with Gasteiger partial charge in [0, 0.05) is 29.9 Å². The van der Waals surface area contributed by atoms with E-state index in [0.717, 1.165) is 64.6 Å². The second kappa shape index (κ2) is 13.6. The van der Waals surface area contributed by atoms with Crippen LogP contribution in [0, 0.1) is 0 Å². The molecule has 1 fully saturated rings. The van der Waals surface area contributed by atoms with Gasteiger partial charge in [0.2, 0.25) is 5.91 Å². The van der Waals surface area contributed by atoms with Crippen molar-refractivity contribution in [1.82, 2.24) is 19.9 Å². The fourth-order valence-corrected chi connectivity index (χ4v) is 6.52. The Hall–Kier alpha value is -3.57. The number of halogens is 1. The van der Waals surface area contributed by atoms with Gasteiger partial charge in [-0.15, -0.1) is 11.3 Å². The van der Waals surface area contributed by atoms with Crippen LogP contribution in [0.5, 0.6) is 5.75 Å². The van der Waals surface area contributed by atoms with E-state index in [2.05, 4.69) is 20.3 Å². The molecule has 1 atom stereocenters. The van der Waals surface area contributed by atoms with Crippen molar-refractivity contribution in [2.75, 3.05) is 25.1 Å². The Morgan fingerprint density at radius 1 is 1.21 bits per heavy atom. The average molecular weight is 606 g/mol. The van der Waals surface area contributed by atoms with Crippen molar-refractivity contribution in [3.63, 3.8) is 0 Å². The molecule has 2 aliphatic heterocycles. The zero-order valence-electron chi connectivity index (χ0n) is 23.1. The Morgan fingerprint density at radius 3 is 3.00 bits per heavy atom. The third-order valence-electron chi connectivity index (χ3n) is 7.23. The maximum Gasteiger partial charge on any atom is 0.246 e. The number of pyridine rings is 1. The van der Waals surface area contributed by atoms with Crippen LogP contribution in [0.25, 0.3) is 10.2 Å². The van der Waals surface area contributed by atoms with Gasteiger partial charge in [-0.05, 0) is 74.1 Å². The molecule has 5 heterocycles. The lowest BCUT2D eigenvalue weighted by molar-refractivity contribution is -0.161. The molecule has 11 heteroatoms. The summed E-state index contributed by atoms with van der Waals surface area (Å²) in [4.78, 5) is 30.2. The van der Waals surface area contributed by atoms with Crippen LogP contribution < -0.4 is 10.1 Å². The van der Waals surface area contributed by atoms with Crippen LogP contribution in [0.1, 0.15) is 41.8 Å². The molecule has 0 spiro atoms. The summed E-state index contributed by atoms with van der Waals surface area (Å²) in [5.74, 6) is 1.31. The number of thiophene rings is 1. The summed E-state index contributed by atoms with van der Waals surface area (Å²) in [6.45, 7) is 2.84. The van der Waals surface area contributed by atoms with E-state index in [4.69, 9.17) is 25.8 Å². The summed E-state index contributed by atoms with van der Waals surface area (Å²) in [6, 6.07) is 11.3. The number of anilines is 2. The molecule has 1 N–H and O–H groups in total. The van der Waals surface area contributed by atoms with Gasteiger partial charge in [-0.2, -0.15) is 0 Å². The molecule has 1 aromatic carbocycles. The second-order valence-electron chi connectivity index (χ2n) is 10.2. The molecule has 42 heavy (non-hydrogen) atoms. The van der Waals surface area contributed by atoms with Gasteiger partial charge >= 0.3 is 0 Å². The van der Waals surface area contributed by atoms with Crippen LogP contribution in [0.2, 0.25) is 5.02 Å². The highest BCUT2D eigenvalue weighted by Gasteiger charge is 2.25. The molecular weight excluding hydrogens is 574 g/mol. The Kier molecular flexibility index (Phi) is 9.25. The first-order valence-corrected chi connectivity index (χ1v) is 15.4. The van der Waals surface area contributed by atoms with E-state index in [-0.39, 0.29) is 12.2 Å². The first-order valence-electron chi connectivity index (χ1n) is 14.2. The molecule has 0 aliphatic carbocycles. The molecule has 3 aromatic heterocycles. The summed E-state index contributed by atoms with van der Waals surface area (Å²) in [5, 5.41) is 4.90. The minimum absolute atomic E-state index is 0.0106. The molecule has 2 aliphatic rings. The van der Waals surface area contributed by atoms with Gasteiger partial charge in [0.05, 0.1) is 29.3 Å². The lowest BCUT2D eigenvalue weighted by Gasteiger charge is -2.26. The van der Waals surface area contributed by atoms with Crippen LogP contribution in [-0.2, 0) is 33.8 Å². The van der Waals surface area contributed by atoms with Crippen LogP contribution in [0.4, 0.5) is 11.5 Å². The third kappa shape index (κ3) is 6.90. The summed E-state index contributed by atoms with van der Waals surface area (Å²) in [6.07, 6.45) is 11.3. The van der Waals surface area contributed by atoms with Crippen molar-refractivity contribution in [3.05, 3.63) is 82.2 Å². The van der Waals surface area contributed by atoms with Crippen LogP contribution in [0.3, 0.4) is 0 Å². The fraction of sp³-hybridized carbons (Fsp3) is 0.355. The molecule has 6 rings (SSSR count). The maximum atomic E-state index is 12.9. The molecule has 1 amide bonds. The Morgan fingerprint density at radius 2 is 2.17 bits per heavy atom. The third-order valence-corrected chi connectivity index (χ3v) is 8.65. The average Bonchev–Trinajstić information content (AvgIpc) is 3.40. The normalized spacial score (nSPS) is 17.0. The van der Waals surface area contributed by atoms with Gasteiger partial charge in [-0.25, -0.2) is 9.97 Å². The standard InChI is InChI=1S/C31H32ClN5O4S/c32-24-17-21(10-11-25(24)41-19-22-7-1-4-13-33-22)36-30-29-23-12-14-37(18-26(23)42-31(29)35-20-34-30)27(38)8-2-5-15-39-28-9-3-6-16-40-28/h1-2,4,7-8,10-11,13,17,20,28H,3,5-6,9,12,14-16,18-19H2,(H,34,35,36)/b8-2+. The molecule has 4 aromatic rings. The van der Waals surface area contributed by atoms with Crippen molar-refractivity contribution in [3.8, 4) is 5.75 Å². The van der Waals surface area contributed by atoms with E-state index >= 15 is 0 Å². The van der Waals surface area contributed by atoms with E-state index in [1.54, 1.807) is 29.9 Å². The van der Waals surface area contributed by atoms with Crippen LogP contribution in [0.15, 0.2) is 61.1 Å². The van der Waals surface area contributed by atoms with Crippen molar-refractivity contribution in [1.29, 1.82) is 0 Å². The van der Waals surface area contributed by atoms with Gasteiger partial charge in [-0.1, -0.05) is 23.7 Å². The molecule has 9 nitrogen and oxygen atoms in total. The van der Waals surface area contributed by atoms with Crippen LogP contribution in [-0.4, -0.2) is 51.8 Å². The van der Waals surface area contributed by atoms with E-state index in [1.165, 1.54) is 5.56 Å². The summed E-state index contributed by atoms with van der Waals surface area (Å²) in [5.41, 5.74) is 2.81. The Labute approximate surface area is 253 Å². The summed E-state index contributed by atoms with van der Waals surface area (Å²) < 4.78 is 17.2. The molecule has 1 saturated heterocycles. The quantitative estimate of drug-likeness (QED) is 0.163. The Balaban J connectivity index is 1.08. The number of benzene rings is 1. The first kappa shape index (κ1) is 28.5. The summed E-state index contributed by atoms with van der Waals surface area (Å²) in [7, 11) is 0. The molecule has 0 saturated carbocycles. The zero-order chi connectivity index (χ0) is 28.7. The molecule has 218 valence electrons. The van der Waals surface area contributed by atoms with E-state index in [1.807, 2.05) is 47.4 Å². The van der Waals surface area contributed by atoms with E-state index in [0.29, 0.717) is 43.5 Å². The lowest BCUT2D eigenvalue weighted by Crippen LogP contribution is -2.34. The topological polar surface area (TPSA) is 98.7 Å². The number of aromatic nitrogens is 3. The number of amides is 1. The largest absolute Gasteiger partial charge is 0.486 e. The highest BCUT2D eigenvalue weighted by Crippen LogP contribution is 2.39. The van der Waals surface area contributed by atoms with Crippen LogP contribution >= 0.6 is 22.9 Å². The number of carbonyl (C=O) groups is 1. The predicted octanol–water partition coefficient (Wildman–Crippen LogP) is 6.44. The number of nitrogens with one attached hydrogen (secondary N) is 1. The first-order chi connectivity index (χ1) is 20.6. The second-order valence-corrected chi connectivity index (χ2v) is 11.6. The maximum absolute atomic E-state index is 12.9. The number of carbonyl (C=O) groups excluding carboxylic acids is 1. The summed E-state index contributed by atoms with van der Waals surface area (Å²) >= 11 is 8.15. The highest BCUT2D eigenvalue weighted by molar-refractivity contribution is 7.19. The molecule has 0 bridgehead atoms. The van der Waals surface area contributed by atoms with Gasteiger partial charge in [-0.3, -0.25) is 9.78 Å². The highest BCUT2D eigenvalue weighted by atomic mass is 35.5. The Bertz CT molecular complexity index is 1560. The fourth-order valence-electron chi connectivity index (χ4n) is 5.08. The molecule has 0 radical (unpaired) electrons. The minimum atomic E-state index is -0.105. The number of fused-ring (bicyclic) bond motifs is 3. The van der Waals surface area contributed by atoms with Gasteiger partial charge in [0.15, 0.2) is 6.29 Å². The van der Waals surface area contributed by atoms with Crippen molar-refractivity contribution in [2.45, 2.75) is 51.5 Å². The van der Waals surface area contributed by atoms with Gasteiger partial charge < -0.3 is 24.4 Å². The number of rotatable bonds is 10.